The summed E-state index contributed by atoms with van der Waals surface area (Å²) in [4.78, 5) is 27.3. The van der Waals surface area contributed by atoms with Gasteiger partial charge in [0.05, 0.1) is 12.0 Å². The molecule has 0 N–H and O–H groups in total. The van der Waals surface area contributed by atoms with E-state index in [1.165, 1.54) is 11.3 Å². The van der Waals surface area contributed by atoms with Gasteiger partial charge in [-0.05, 0) is 34.8 Å². The number of hydrogen-bond acceptors (Lipinski definition) is 3. The van der Waals surface area contributed by atoms with Crippen molar-refractivity contribution in [2.45, 2.75) is 45.1 Å². The zero-order valence-corrected chi connectivity index (χ0v) is 13.1. The summed E-state index contributed by atoms with van der Waals surface area (Å²) in [7, 11) is 0. The number of thiophene rings is 1. The van der Waals surface area contributed by atoms with Gasteiger partial charge in [-0.3, -0.25) is 14.5 Å². The van der Waals surface area contributed by atoms with E-state index in [1.54, 1.807) is 11.3 Å². The molecule has 2 aliphatic rings. The van der Waals surface area contributed by atoms with Crippen LogP contribution in [-0.4, -0.2) is 16.7 Å². The average molecular weight is 342 g/mol. The first-order chi connectivity index (χ1) is 9.11. The molecule has 0 radical (unpaired) electrons. The van der Waals surface area contributed by atoms with E-state index < -0.39 is 0 Å². The summed E-state index contributed by atoms with van der Waals surface area (Å²) >= 11 is 4.99. The molecule has 1 saturated carbocycles. The highest BCUT2D eigenvalue weighted by molar-refractivity contribution is 9.10. The molecule has 0 bridgehead atoms. The molecule has 1 aromatic rings. The number of carbonyl (C=O) groups is 2. The van der Waals surface area contributed by atoms with Gasteiger partial charge in [0.2, 0.25) is 11.8 Å². The molecule has 102 valence electrons. The minimum absolute atomic E-state index is 0.0106. The molecular weight excluding hydrogens is 326 g/mol. The zero-order valence-electron chi connectivity index (χ0n) is 10.7. The first kappa shape index (κ1) is 13.3. The Kier molecular flexibility index (Phi) is 3.52. The Bertz CT molecular complexity index is 519. The Morgan fingerprint density at radius 3 is 2.63 bits per heavy atom. The molecule has 3 rings (SSSR count). The molecule has 0 atom stereocenters. The summed E-state index contributed by atoms with van der Waals surface area (Å²) in [5, 5.41) is 1.98. The van der Waals surface area contributed by atoms with Gasteiger partial charge in [0.1, 0.15) is 0 Å². The van der Waals surface area contributed by atoms with E-state index >= 15 is 0 Å². The van der Waals surface area contributed by atoms with Gasteiger partial charge in [0.25, 0.3) is 0 Å². The maximum absolute atomic E-state index is 12.6. The van der Waals surface area contributed by atoms with Crippen LogP contribution in [0.1, 0.15) is 43.4 Å². The minimum atomic E-state index is -0.357. The van der Waals surface area contributed by atoms with Gasteiger partial charge in [-0.25, -0.2) is 0 Å². The van der Waals surface area contributed by atoms with Gasteiger partial charge < -0.3 is 0 Å². The molecule has 2 heterocycles. The highest BCUT2D eigenvalue weighted by Gasteiger charge is 2.51. The molecular formula is C14H16BrNO2S. The number of imide groups is 1. The number of carbonyl (C=O) groups excluding carboxylic acids is 2. The lowest BCUT2D eigenvalue weighted by atomic mass is 9.73. The number of likely N-dealkylation sites (tertiary alicyclic amines) is 1. The zero-order chi connectivity index (χ0) is 13.5. The number of amides is 2. The van der Waals surface area contributed by atoms with Gasteiger partial charge in [-0.2, -0.15) is 0 Å². The molecule has 19 heavy (non-hydrogen) atoms. The van der Waals surface area contributed by atoms with Crippen LogP contribution in [0, 0.1) is 5.41 Å². The monoisotopic (exact) mass is 341 g/mol. The largest absolute Gasteiger partial charge is 0.277 e. The quantitative estimate of drug-likeness (QED) is 0.768. The molecule has 2 amide bonds. The van der Waals surface area contributed by atoms with Gasteiger partial charge >= 0.3 is 0 Å². The van der Waals surface area contributed by atoms with Crippen molar-refractivity contribution >= 4 is 39.1 Å². The average Bonchev–Trinajstić information content (AvgIpc) is 2.89. The predicted molar refractivity (Wildman–Crippen MR) is 77.7 cm³/mol. The van der Waals surface area contributed by atoms with Gasteiger partial charge in [-0.15, -0.1) is 11.3 Å². The van der Waals surface area contributed by atoms with Crippen LogP contribution < -0.4 is 0 Å². The second kappa shape index (κ2) is 5.02. The summed E-state index contributed by atoms with van der Waals surface area (Å²) in [5.41, 5.74) is -0.357. The number of hydrogen-bond donors (Lipinski definition) is 0. The van der Waals surface area contributed by atoms with Crippen LogP contribution in [0.15, 0.2) is 15.9 Å². The first-order valence-corrected chi connectivity index (χ1v) is 8.36. The first-order valence-electron chi connectivity index (χ1n) is 6.68. The van der Waals surface area contributed by atoms with Crippen LogP contribution in [0.5, 0.6) is 0 Å². The summed E-state index contributed by atoms with van der Waals surface area (Å²) in [5.74, 6) is 0.0816. The molecule has 2 fully saturated rings. The fraction of sp³-hybridized carbons (Fsp3) is 0.571. The third-order valence-corrected chi connectivity index (χ3v) is 5.92. The molecule has 0 unspecified atom stereocenters. The van der Waals surface area contributed by atoms with Crippen molar-refractivity contribution in [2.75, 3.05) is 0 Å². The Morgan fingerprint density at radius 2 is 2.00 bits per heavy atom. The highest BCUT2D eigenvalue weighted by atomic mass is 79.9. The van der Waals surface area contributed by atoms with Crippen LogP contribution >= 0.6 is 27.3 Å². The van der Waals surface area contributed by atoms with E-state index in [0.717, 1.165) is 35.0 Å². The Labute approximate surface area is 125 Å². The van der Waals surface area contributed by atoms with Gasteiger partial charge in [0, 0.05) is 21.2 Å². The smallest absolute Gasteiger partial charge is 0.236 e. The van der Waals surface area contributed by atoms with E-state index in [1.807, 2.05) is 11.4 Å². The molecule has 5 heteroatoms. The summed E-state index contributed by atoms with van der Waals surface area (Å²) in [6.45, 7) is 0.440. The van der Waals surface area contributed by atoms with Crippen LogP contribution in [0.25, 0.3) is 0 Å². The van der Waals surface area contributed by atoms with Crippen molar-refractivity contribution in [3.63, 3.8) is 0 Å². The minimum Gasteiger partial charge on any atom is -0.277 e. The summed E-state index contributed by atoms with van der Waals surface area (Å²) in [6.07, 6.45) is 5.57. The second-order valence-electron chi connectivity index (χ2n) is 5.53. The molecule has 0 aromatic carbocycles. The standard InChI is InChI=1S/C14H16BrNO2S/c15-10-6-11(19-9-10)8-16-12(17)7-14(13(16)18)4-2-1-3-5-14/h6,9H,1-5,7-8H2. The normalized spacial score (nSPS) is 22.5. The summed E-state index contributed by atoms with van der Waals surface area (Å²) in [6, 6.07) is 1.98. The Morgan fingerprint density at radius 1 is 1.26 bits per heavy atom. The molecule has 1 saturated heterocycles. The molecule has 1 aliphatic carbocycles. The van der Waals surface area contributed by atoms with Crippen LogP contribution in [-0.2, 0) is 16.1 Å². The van der Waals surface area contributed by atoms with E-state index in [-0.39, 0.29) is 17.2 Å². The third-order valence-electron chi connectivity index (χ3n) is 4.24. The fourth-order valence-corrected chi connectivity index (χ4v) is 4.67. The SMILES string of the molecule is O=C1CC2(CCCCC2)C(=O)N1Cc1cc(Br)cs1. The van der Waals surface area contributed by atoms with Crippen molar-refractivity contribution < 1.29 is 9.59 Å². The number of halogens is 1. The van der Waals surface area contributed by atoms with E-state index in [4.69, 9.17) is 0 Å². The Balaban J connectivity index is 1.79. The van der Waals surface area contributed by atoms with Gasteiger partial charge in [-0.1, -0.05) is 19.3 Å². The van der Waals surface area contributed by atoms with Crippen molar-refractivity contribution in [3.05, 3.63) is 20.8 Å². The maximum Gasteiger partial charge on any atom is 0.236 e. The topological polar surface area (TPSA) is 37.4 Å². The van der Waals surface area contributed by atoms with Gasteiger partial charge in [0.15, 0.2) is 0 Å². The lowest BCUT2D eigenvalue weighted by Crippen LogP contribution is -2.36. The molecule has 1 aliphatic heterocycles. The number of nitrogens with zero attached hydrogens (tertiary/aromatic N) is 1. The van der Waals surface area contributed by atoms with E-state index in [2.05, 4.69) is 15.9 Å². The van der Waals surface area contributed by atoms with Crippen molar-refractivity contribution in [3.8, 4) is 0 Å². The lowest BCUT2D eigenvalue weighted by Gasteiger charge is -2.30. The van der Waals surface area contributed by atoms with E-state index in [9.17, 15) is 9.59 Å². The van der Waals surface area contributed by atoms with Crippen LogP contribution in [0.2, 0.25) is 0 Å². The third kappa shape index (κ3) is 2.38. The van der Waals surface area contributed by atoms with Crippen LogP contribution in [0.3, 0.4) is 0 Å². The van der Waals surface area contributed by atoms with E-state index in [0.29, 0.717) is 13.0 Å². The highest BCUT2D eigenvalue weighted by Crippen LogP contribution is 2.45. The van der Waals surface area contributed by atoms with Crippen molar-refractivity contribution in [2.24, 2.45) is 5.41 Å². The Hall–Kier alpha value is -0.680. The predicted octanol–water partition coefficient (Wildman–Crippen LogP) is 3.72. The maximum atomic E-state index is 12.6. The number of rotatable bonds is 2. The summed E-state index contributed by atoms with van der Waals surface area (Å²) < 4.78 is 1.01. The van der Waals surface area contributed by atoms with Crippen molar-refractivity contribution in [1.82, 2.24) is 4.90 Å². The second-order valence-corrected chi connectivity index (χ2v) is 7.45. The lowest BCUT2D eigenvalue weighted by molar-refractivity contribution is -0.142. The fourth-order valence-electron chi connectivity index (χ4n) is 3.23. The molecule has 1 aromatic heterocycles. The molecule has 3 nitrogen and oxygen atoms in total. The van der Waals surface area contributed by atoms with Crippen LogP contribution in [0.4, 0.5) is 0 Å². The van der Waals surface area contributed by atoms with Crippen molar-refractivity contribution in [1.29, 1.82) is 0 Å². The molecule has 1 spiro atoms.